The van der Waals surface area contributed by atoms with E-state index in [9.17, 15) is 22.8 Å². The van der Waals surface area contributed by atoms with Gasteiger partial charge >= 0.3 is 12.1 Å². The van der Waals surface area contributed by atoms with Crippen LogP contribution < -0.4 is 0 Å². The summed E-state index contributed by atoms with van der Waals surface area (Å²) in [5.74, 6) is -1.64. The lowest BCUT2D eigenvalue weighted by Gasteiger charge is -2.23. The number of carbonyl (C=O) groups excluding carboxylic acids is 1. The summed E-state index contributed by atoms with van der Waals surface area (Å²) in [6, 6.07) is 0. The van der Waals surface area contributed by atoms with Gasteiger partial charge in [0.05, 0.1) is 5.41 Å². The molecule has 1 amide bonds. The average Bonchev–Trinajstić information content (AvgIpc) is 2.68. The van der Waals surface area contributed by atoms with Crippen molar-refractivity contribution in [3.8, 4) is 0 Å². The zero-order valence-electron chi connectivity index (χ0n) is 10.7. The normalized spacial score (nSPS) is 25.4. The van der Waals surface area contributed by atoms with Crippen molar-refractivity contribution >= 4 is 11.9 Å². The van der Waals surface area contributed by atoms with Gasteiger partial charge < -0.3 is 14.7 Å². The third-order valence-electron chi connectivity index (χ3n) is 3.15. The number of carboxylic acid groups (broad SMARTS) is 1. The van der Waals surface area contributed by atoms with Gasteiger partial charge in [-0.15, -0.1) is 0 Å². The van der Waals surface area contributed by atoms with Crippen LogP contribution in [0.4, 0.5) is 13.2 Å². The molecule has 1 rings (SSSR count). The lowest BCUT2D eigenvalue weighted by molar-refractivity contribution is -0.188. The van der Waals surface area contributed by atoms with Gasteiger partial charge in [0, 0.05) is 13.1 Å². The van der Waals surface area contributed by atoms with Crippen molar-refractivity contribution < 1.29 is 32.6 Å². The van der Waals surface area contributed by atoms with Crippen molar-refractivity contribution in [1.82, 2.24) is 4.90 Å². The second kappa shape index (κ2) is 5.36. The Morgan fingerprint density at radius 2 is 2.05 bits per heavy atom. The summed E-state index contributed by atoms with van der Waals surface area (Å²) in [6.07, 6.45) is -5.45. The Labute approximate surface area is 108 Å². The third-order valence-corrected chi connectivity index (χ3v) is 3.15. The standard InChI is InChI=1S/C11H16F3NO4/c1-7(19-6-11(12,13)14)8(16)15-4-3-10(2,5-15)9(17)18/h7H,3-6H2,1-2H3,(H,17,18)/t7-,10-/m0/s1. The number of hydrogen-bond donors (Lipinski definition) is 1. The molecule has 0 aromatic heterocycles. The first-order valence-electron chi connectivity index (χ1n) is 5.76. The Morgan fingerprint density at radius 3 is 2.47 bits per heavy atom. The molecule has 0 bridgehead atoms. The van der Waals surface area contributed by atoms with Crippen molar-refractivity contribution in [3.63, 3.8) is 0 Å². The quantitative estimate of drug-likeness (QED) is 0.844. The first kappa shape index (κ1) is 15.7. The van der Waals surface area contributed by atoms with Gasteiger partial charge in [-0.1, -0.05) is 0 Å². The highest BCUT2D eigenvalue weighted by molar-refractivity contribution is 5.83. The average molecular weight is 283 g/mol. The van der Waals surface area contributed by atoms with E-state index in [-0.39, 0.29) is 19.5 Å². The van der Waals surface area contributed by atoms with Gasteiger partial charge in [0.2, 0.25) is 0 Å². The monoisotopic (exact) mass is 283 g/mol. The third kappa shape index (κ3) is 4.09. The topological polar surface area (TPSA) is 66.8 Å². The van der Waals surface area contributed by atoms with Crippen LogP contribution >= 0.6 is 0 Å². The number of halogens is 3. The summed E-state index contributed by atoms with van der Waals surface area (Å²) >= 11 is 0. The second-order valence-corrected chi connectivity index (χ2v) is 4.94. The summed E-state index contributed by atoms with van der Waals surface area (Å²) < 4.78 is 40.3. The summed E-state index contributed by atoms with van der Waals surface area (Å²) in [7, 11) is 0. The number of hydrogen-bond acceptors (Lipinski definition) is 3. The second-order valence-electron chi connectivity index (χ2n) is 4.94. The van der Waals surface area contributed by atoms with Crippen LogP contribution in [-0.4, -0.2) is 53.9 Å². The van der Waals surface area contributed by atoms with Crippen LogP contribution in [0.25, 0.3) is 0 Å². The zero-order chi connectivity index (χ0) is 14.8. The lowest BCUT2D eigenvalue weighted by atomic mass is 9.90. The molecule has 5 nitrogen and oxygen atoms in total. The summed E-state index contributed by atoms with van der Waals surface area (Å²) in [4.78, 5) is 24.0. The predicted octanol–water partition coefficient (Wildman–Crippen LogP) is 1.28. The van der Waals surface area contributed by atoms with Crippen LogP contribution in [-0.2, 0) is 14.3 Å². The van der Waals surface area contributed by atoms with E-state index < -0.39 is 36.2 Å². The number of ether oxygens (including phenoxy) is 1. The number of carbonyl (C=O) groups is 2. The molecule has 1 saturated heterocycles. The molecule has 0 radical (unpaired) electrons. The van der Waals surface area contributed by atoms with Crippen LogP contribution in [0.15, 0.2) is 0 Å². The summed E-state index contributed by atoms with van der Waals surface area (Å²) in [5.41, 5.74) is -1.04. The molecule has 8 heteroatoms. The Bertz CT molecular complexity index is 371. The molecule has 1 N–H and O–H groups in total. The zero-order valence-corrected chi connectivity index (χ0v) is 10.7. The van der Waals surface area contributed by atoms with Crippen LogP contribution in [0.5, 0.6) is 0 Å². The maximum Gasteiger partial charge on any atom is 0.411 e. The summed E-state index contributed by atoms with van der Waals surface area (Å²) in [5, 5.41) is 9.00. The number of alkyl halides is 3. The Balaban J connectivity index is 2.53. The van der Waals surface area contributed by atoms with E-state index >= 15 is 0 Å². The smallest absolute Gasteiger partial charge is 0.411 e. The van der Waals surface area contributed by atoms with Gasteiger partial charge in [0.15, 0.2) is 0 Å². The van der Waals surface area contributed by atoms with Crippen molar-refractivity contribution in [2.24, 2.45) is 5.41 Å². The molecule has 0 spiro atoms. The number of aliphatic carboxylic acids is 1. The van der Waals surface area contributed by atoms with Gasteiger partial charge in [-0.3, -0.25) is 9.59 Å². The minimum Gasteiger partial charge on any atom is -0.481 e. The molecule has 1 fully saturated rings. The van der Waals surface area contributed by atoms with Crippen molar-refractivity contribution in [3.05, 3.63) is 0 Å². The predicted molar refractivity (Wildman–Crippen MR) is 58.4 cm³/mol. The van der Waals surface area contributed by atoms with Crippen molar-refractivity contribution in [2.45, 2.75) is 32.5 Å². The molecule has 0 aromatic rings. The molecule has 19 heavy (non-hydrogen) atoms. The first-order valence-corrected chi connectivity index (χ1v) is 5.76. The number of carboxylic acids is 1. The van der Waals surface area contributed by atoms with E-state index in [1.165, 1.54) is 18.7 Å². The van der Waals surface area contributed by atoms with Crippen LogP contribution in [0.2, 0.25) is 0 Å². The summed E-state index contributed by atoms with van der Waals surface area (Å²) in [6.45, 7) is 1.43. The van der Waals surface area contributed by atoms with Crippen LogP contribution in [0.3, 0.4) is 0 Å². The van der Waals surface area contributed by atoms with E-state index in [0.717, 1.165) is 0 Å². The molecule has 0 aliphatic carbocycles. The maximum absolute atomic E-state index is 12.0. The van der Waals surface area contributed by atoms with E-state index in [0.29, 0.717) is 0 Å². The van der Waals surface area contributed by atoms with E-state index in [1.54, 1.807) is 0 Å². The molecule has 1 heterocycles. The minimum absolute atomic E-state index is 0.0130. The fraction of sp³-hybridized carbons (Fsp3) is 0.818. The SMILES string of the molecule is C[C@H](OCC(F)(F)F)C(=O)N1CC[C@](C)(C(=O)O)C1. The van der Waals surface area contributed by atoms with E-state index in [4.69, 9.17) is 5.11 Å². The number of rotatable bonds is 4. The first-order chi connectivity index (χ1) is 8.55. The van der Waals surface area contributed by atoms with Gasteiger partial charge in [-0.25, -0.2) is 0 Å². The highest BCUT2D eigenvalue weighted by atomic mass is 19.4. The molecule has 110 valence electrons. The maximum atomic E-state index is 12.0. The number of likely N-dealkylation sites (tertiary alicyclic amines) is 1. The Kier molecular flexibility index (Phi) is 4.44. The molecule has 2 atom stereocenters. The largest absolute Gasteiger partial charge is 0.481 e. The highest BCUT2D eigenvalue weighted by Crippen LogP contribution is 2.30. The Hall–Kier alpha value is -1.31. The molecular weight excluding hydrogens is 267 g/mol. The Morgan fingerprint density at radius 1 is 1.47 bits per heavy atom. The van der Waals surface area contributed by atoms with Gasteiger partial charge in [-0.05, 0) is 20.3 Å². The number of nitrogens with zero attached hydrogens (tertiary/aromatic N) is 1. The van der Waals surface area contributed by atoms with Gasteiger partial charge in [0.1, 0.15) is 12.7 Å². The molecule has 0 unspecified atom stereocenters. The van der Waals surface area contributed by atoms with E-state index in [2.05, 4.69) is 4.74 Å². The molecule has 0 aromatic carbocycles. The molecular formula is C11H16F3NO4. The lowest BCUT2D eigenvalue weighted by Crippen LogP contribution is -2.41. The molecule has 1 aliphatic heterocycles. The van der Waals surface area contributed by atoms with Gasteiger partial charge in [0.25, 0.3) is 5.91 Å². The van der Waals surface area contributed by atoms with Crippen LogP contribution in [0, 0.1) is 5.41 Å². The minimum atomic E-state index is -4.49. The van der Waals surface area contributed by atoms with E-state index in [1.807, 2.05) is 0 Å². The van der Waals surface area contributed by atoms with Gasteiger partial charge in [-0.2, -0.15) is 13.2 Å². The fourth-order valence-corrected chi connectivity index (χ4v) is 1.87. The van der Waals surface area contributed by atoms with Crippen LogP contribution in [0.1, 0.15) is 20.3 Å². The fourth-order valence-electron chi connectivity index (χ4n) is 1.87. The highest BCUT2D eigenvalue weighted by Gasteiger charge is 2.43. The molecule has 1 aliphatic rings. The number of amides is 1. The molecule has 0 saturated carbocycles. The van der Waals surface area contributed by atoms with Crippen molar-refractivity contribution in [1.29, 1.82) is 0 Å². The van der Waals surface area contributed by atoms with Crippen molar-refractivity contribution in [2.75, 3.05) is 19.7 Å².